The van der Waals surface area contributed by atoms with Crippen LogP contribution in [0.1, 0.15) is 41.1 Å². The molecular formula is C14H19NO4. The van der Waals surface area contributed by atoms with Gasteiger partial charge >= 0.3 is 5.97 Å². The Hall–Kier alpha value is -1.33. The van der Waals surface area contributed by atoms with Crippen molar-refractivity contribution >= 4 is 5.97 Å². The second-order valence-electron chi connectivity index (χ2n) is 5.37. The van der Waals surface area contributed by atoms with Crippen LogP contribution in [0.3, 0.4) is 0 Å². The van der Waals surface area contributed by atoms with Crippen molar-refractivity contribution in [2.24, 2.45) is 0 Å². The molecule has 2 atom stereocenters. The maximum Gasteiger partial charge on any atom is 0.339 e. The van der Waals surface area contributed by atoms with E-state index in [1.54, 1.807) is 13.0 Å². The quantitative estimate of drug-likeness (QED) is 0.906. The Bertz CT molecular complexity index is 482. The molecule has 1 saturated heterocycles. The number of aromatic carboxylic acids is 1. The third-order valence-electron chi connectivity index (χ3n) is 4.16. The third-order valence-corrected chi connectivity index (χ3v) is 4.16. The summed E-state index contributed by atoms with van der Waals surface area (Å²) in [6.45, 7) is 4.03. The number of furan rings is 1. The molecule has 5 heteroatoms. The lowest BCUT2D eigenvalue weighted by Gasteiger charge is -2.37. The molecule has 2 aliphatic rings. The predicted molar refractivity (Wildman–Crippen MR) is 68.2 cm³/mol. The van der Waals surface area contributed by atoms with E-state index < -0.39 is 5.97 Å². The van der Waals surface area contributed by atoms with Crippen molar-refractivity contribution in [2.45, 2.75) is 44.9 Å². The maximum absolute atomic E-state index is 11.0. The van der Waals surface area contributed by atoms with Crippen LogP contribution in [0.4, 0.5) is 0 Å². The minimum absolute atomic E-state index is 0.270. The van der Waals surface area contributed by atoms with E-state index in [9.17, 15) is 4.79 Å². The molecule has 19 heavy (non-hydrogen) atoms. The Labute approximate surface area is 112 Å². The normalized spacial score (nSPS) is 27.4. The standard InChI is InChI=1S/C14H19NO4/c1-9-11(14(16)17)7-10(19-9)8-15-5-6-18-13-4-2-3-12(13)15/h7,12-13H,2-6,8H2,1H3,(H,16,17). The minimum atomic E-state index is -0.923. The molecule has 1 saturated carbocycles. The summed E-state index contributed by atoms with van der Waals surface area (Å²) >= 11 is 0. The highest BCUT2D eigenvalue weighted by molar-refractivity contribution is 5.88. The highest BCUT2D eigenvalue weighted by atomic mass is 16.5. The molecule has 104 valence electrons. The Balaban J connectivity index is 1.73. The molecule has 1 aromatic heterocycles. The average Bonchev–Trinajstić information content (AvgIpc) is 2.96. The Morgan fingerprint density at radius 1 is 1.53 bits per heavy atom. The van der Waals surface area contributed by atoms with Gasteiger partial charge in [-0.1, -0.05) is 0 Å². The first-order valence-electron chi connectivity index (χ1n) is 6.83. The van der Waals surface area contributed by atoms with Gasteiger partial charge in [0.2, 0.25) is 0 Å². The molecule has 1 N–H and O–H groups in total. The summed E-state index contributed by atoms with van der Waals surface area (Å²) in [6, 6.07) is 2.12. The summed E-state index contributed by atoms with van der Waals surface area (Å²) in [4.78, 5) is 13.4. The molecule has 1 aromatic rings. The van der Waals surface area contributed by atoms with E-state index in [1.807, 2.05) is 0 Å². The smallest absolute Gasteiger partial charge is 0.339 e. The van der Waals surface area contributed by atoms with E-state index in [4.69, 9.17) is 14.3 Å². The average molecular weight is 265 g/mol. The van der Waals surface area contributed by atoms with Gasteiger partial charge in [-0.3, -0.25) is 4.90 Å². The molecular weight excluding hydrogens is 246 g/mol. The summed E-state index contributed by atoms with van der Waals surface area (Å²) in [7, 11) is 0. The minimum Gasteiger partial charge on any atom is -0.478 e. The molecule has 2 heterocycles. The van der Waals surface area contributed by atoms with Gasteiger partial charge in [-0.05, 0) is 32.3 Å². The molecule has 0 bridgehead atoms. The number of fused-ring (bicyclic) bond motifs is 1. The van der Waals surface area contributed by atoms with Crippen molar-refractivity contribution in [2.75, 3.05) is 13.2 Å². The van der Waals surface area contributed by atoms with E-state index >= 15 is 0 Å². The van der Waals surface area contributed by atoms with Crippen molar-refractivity contribution in [3.05, 3.63) is 23.2 Å². The first kappa shape index (κ1) is 12.7. The van der Waals surface area contributed by atoms with Gasteiger partial charge in [0.05, 0.1) is 19.3 Å². The fourth-order valence-electron chi connectivity index (χ4n) is 3.24. The van der Waals surface area contributed by atoms with Crippen molar-refractivity contribution in [1.29, 1.82) is 0 Å². The number of hydrogen-bond donors (Lipinski definition) is 1. The summed E-state index contributed by atoms with van der Waals surface area (Å²) in [5.74, 6) is 0.300. The lowest BCUT2D eigenvalue weighted by atomic mass is 10.1. The van der Waals surface area contributed by atoms with Gasteiger partial charge in [0, 0.05) is 12.6 Å². The van der Waals surface area contributed by atoms with Crippen molar-refractivity contribution in [3.63, 3.8) is 0 Å². The SMILES string of the molecule is Cc1oc(CN2CCOC3CCCC32)cc1C(=O)O. The van der Waals surface area contributed by atoms with Gasteiger partial charge in [0.1, 0.15) is 17.1 Å². The summed E-state index contributed by atoms with van der Waals surface area (Å²) < 4.78 is 11.3. The summed E-state index contributed by atoms with van der Waals surface area (Å²) in [5.41, 5.74) is 0.270. The van der Waals surface area contributed by atoms with Gasteiger partial charge in [0.25, 0.3) is 0 Å². The monoisotopic (exact) mass is 265 g/mol. The van der Waals surface area contributed by atoms with Gasteiger partial charge in [0.15, 0.2) is 0 Å². The molecule has 0 spiro atoms. The fourth-order valence-corrected chi connectivity index (χ4v) is 3.24. The zero-order valence-electron chi connectivity index (χ0n) is 11.1. The number of rotatable bonds is 3. The molecule has 0 radical (unpaired) electrons. The second kappa shape index (κ2) is 4.98. The Morgan fingerprint density at radius 3 is 3.11 bits per heavy atom. The number of hydrogen-bond acceptors (Lipinski definition) is 4. The van der Waals surface area contributed by atoms with Crippen molar-refractivity contribution in [3.8, 4) is 0 Å². The number of carboxylic acids is 1. The van der Waals surface area contributed by atoms with Crippen LogP contribution in [-0.4, -0.2) is 41.3 Å². The lowest BCUT2D eigenvalue weighted by molar-refractivity contribution is -0.0606. The zero-order valence-corrected chi connectivity index (χ0v) is 11.1. The number of nitrogens with zero attached hydrogens (tertiary/aromatic N) is 1. The number of carboxylic acid groups (broad SMARTS) is 1. The van der Waals surface area contributed by atoms with Gasteiger partial charge in [-0.2, -0.15) is 0 Å². The highest BCUT2D eigenvalue weighted by Gasteiger charge is 2.36. The summed E-state index contributed by atoms with van der Waals surface area (Å²) in [6.07, 6.45) is 3.86. The molecule has 0 amide bonds. The van der Waals surface area contributed by atoms with Crippen LogP contribution in [-0.2, 0) is 11.3 Å². The molecule has 2 fully saturated rings. The molecule has 3 rings (SSSR count). The topological polar surface area (TPSA) is 62.9 Å². The first-order valence-corrected chi connectivity index (χ1v) is 6.83. The van der Waals surface area contributed by atoms with Crippen molar-refractivity contribution < 1.29 is 19.1 Å². The Morgan fingerprint density at radius 2 is 2.37 bits per heavy atom. The van der Waals surface area contributed by atoms with Gasteiger partial charge in [-0.15, -0.1) is 0 Å². The van der Waals surface area contributed by atoms with Crippen LogP contribution in [0.2, 0.25) is 0 Å². The fraction of sp³-hybridized carbons (Fsp3) is 0.643. The van der Waals surface area contributed by atoms with Crippen molar-refractivity contribution in [1.82, 2.24) is 4.90 Å². The number of morpholine rings is 1. The van der Waals surface area contributed by atoms with Crippen LogP contribution in [0.15, 0.2) is 10.5 Å². The second-order valence-corrected chi connectivity index (χ2v) is 5.37. The van der Waals surface area contributed by atoms with E-state index in [0.717, 1.165) is 31.8 Å². The van der Waals surface area contributed by atoms with Gasteiger partial charge in [-0.25, -0.2) is 4.79 Å². The van der Waals surface area contributed by atoms with Crippen LogP contribution < -0.4 is 0 Å². The van der Waals surface area contributed by atoms with E-state index in [2.05, 4.69) is 4.90 Å². The van der Waals surface area contributed by atoms with Gasteiger partial charge < -0.3 is 14.3 Å². The summed E-state index contributed by atoms with van der Waals surface area (Å²) in [5, 5.41) is 9.04. The van der Waals surface area contributed by atoms with Crippen LogP contribution in [0.5, 0.6) is 0 Å². The number of aryl methyl sites for hydroxylation is 1. The van der Waals surface area contributed by atoms with E-state index in [1.165, 1.54) is 6.42 Å². The predicted octanol–water partition coefficient (Wildman–Crippen LogP) is 2.04. The largest absolute Gasteiger partial charge is 0.478 e. The first-order chi connectivity index (χ1) is 9.15. The van der Waals surface area contributed by atoms with E-state index in [0.29, 0.717) is 24.5 Å². The number of carbonyl (C=O) groups is 1. The lowest BCUT2D eigenvalue weighted by Crippen LogP contribution is -2.47. The molecule has 1 aliphatic heterocycles. The third kappa shape index (κ3) is 2.40. The molecule has 5 nitrogen and oxygen atoms in total. The van der Waals surface area contributed by atoms with Crippen LogP contribution >= 0.6 is 0 Å². The Kier molecular flexibility index (Phi) is 3.33. The molecule has 0 aromatic carbocycles. The van der Waals surface area contributed by atoms with E-state index in [-0.39, 0.29) is 5.56 Å². The number of ether oxygens (including phenoxy) is 1. The maximum atomic E-state index is 11.0. The molecule has 1 aliphatic carbocycles. The highest BCUT2D eigenvalue weighted by Crippen LogP contribution is 2.31. The van der Waals surface area contributed by atoms with Crippen LogP contribution in [0, 0.1) is 6.92 Å². The molecule has 2 unspecified atom stereocenters. The van der Waals surface area contributed by atoms with Crippen LogP contribution in [0.25, 0.3) is 0 Å². The zero-order chi connectivity index (χ0) is 13.4.